The van der Waals surface area contributed by atoms with E-state index in [1.54, 1.807) is 18.2 Å². The van der Waals surface area contributed by atoms with Crippen LogP contribution in [0.5, 0.6) is 0 Å². The van der Waals surface area contributed by atoms with E-state index in [0.29, 0.717) is 11.2 Å². The van der Waals surface area contributed by atoms with Crippen molar-refractivity contribution in [1.82, 2.24) is 10.3 Å². The predicted octanol–water partition coefficient (Wildman–Crippen LogP) is 2.64. The van der Waals surface area contributed by atoms with E-state index in [0.717, 1.165) is 11.1 Å². The van der Waals surface area contributed by atoms with Gasteiger partial charge in [-0.25, -0.2) is 13.0 Å². The summed E-state index contributed by atoms with van der Waals surface area (Å²) in [7, 11) is -3.76. The molecule has 3 rings (SSSR count). The third-order valence-corrected chi connectivity index (χ3v) is 4.57. The Morgan fingerprint density at radius 2 is 1.90 bits per heavy atom. The van der Waals surface area contributed by atoms with Gasteiger partial charge in [-0.15, -0.1) is 0 Å². The highest BCUT2D eigenvalue weighted by molar-refractivity contribution is 7.93. The summed E-state index contributed by atoms with van der Waals surface area (Å²) < 4.78 is 32.3. The molecule has 0 saturated heterocycles. The summed E-state index contributed by atoms with van der Waals surface area (Å²) in [5.41, 5.74) is 2.98. The van der Waals surface area contributed by atoms with E-state index in [4.69, 9.17) is 0 Å². The number of anilines is 1. The molecule has 2 aromatic carbocycles. The lowest BCUT2D eigenvalue weighted by atomic mass is 10.1. The summed E-state index contributed by atoms with van der Waals surface area (Å²) in [5, 5.41) is 7.31. The largest absolute Gasteiger partial charge is 0.279 e. The molecule has 0 radical (unpaired) electrons. The van der Waals surface area contributed by atoms with Crippen LogP contribution in [0.4, 0.5) is 5.69 Å². The molecule has 1 N–H and O–H groups in total. The summed E-state index contributed by atoms with van der Waals surface area (Å²) in [5.74, 6) is 0. The SMILES string of the molecule is Cc1ccc(C)c(NS(=O)(=O)c2cccc3nonc23)c1. The molecule has 0 fully saturated rings. The monoisotopic (exact) mass is 303 g/mol. The van der Waals surface area contributed by atoms with Gasteiger partial charge in [0.2, 0.25) is 0 Å². The smallest absolute Gasteiger partial charge is 0.264 e. The van der Waals surface area contributed by atoms with Crippen LogP contribution in [0.2, 0.25) is 0 Å². The Hall–Kier alpha value is -2.41. The van der Waals surface area contributed by atoms with Gasteiger partial charge in [0.05, 0.1) is 5.69 Å². The molecule has 21 heavy (non-hydrogen) atoms. The van der Waals surface area contributed by atoms with Crippen molar-refractivity contribution in [3.63, 3.8) is 0 Å². The second-order valence-corrected chi connectivity index (χ2v) is 6.46. The minimum Gasteiger partial charge on any atom is -0.279 e. The fourth-order valence-corrected chi connectivity index (χ4v) is 3.32. The molecule has 0 amide bonds. The van der Waals surface area contributed by atoms with Crippen LogP contribution >= 0.6 is 0 Å². The van der Waals surface area contributed by atoms with Crippen molar-refractivity contribution in [2.45, 2.75) is 18.7 Å². The molecule has 0 bridgehead atoms. The van der Waals surface area contributed by atoms with Crippen molar-refractivity contribution in [3.05, 3.63) is 47.5 Å². The van der Waals surface area contributed by atoms with Gasteiger partial charge >= 0.3 is 0 Å². The maximum Gasteiger partial charge on any atom is 0.264 e. The lowest BCUT2D eigenvalue weighted by Gasteiger charge is -2.11. The molecule has 0 atom stereocenters. The van der Waals surface area contributed by atoms with E-state index in [1.165, 1.54) is 6.07 Å². The second kappa shape index (κ2) is 4.85. The molecule has 0 aliphatic carbocycles. The Morgan fingerprint density at radius 3 is 2.71 bits per heavy atom. The molecular weight excluding hydrogens is 290 g/mol. The van der Waals surface area contributed by atoms with Crippen LogP contribution in [-0.2, 0) is 10.0 Å². The standard InChI is InChI=1S/C14H13N3O3S/c1-9-6-7-10(2)12(8-9)17-21(18,19)13-5-3-4-11-14(13)16-20-15-11/h3-8,17H,1-2H3. The van der Waals surface area contributed by atoms with E-state index in [-0.39, 0.29) is 10.4 Å². The highest BCUT2D eigenvalue weighted by Crippen LogP contribution is 2.24. The first kappa shape index (κ1) is 13.6. The van der Waals surface area contributed by atoms with Gasteiger partial charge in [0.25, 0.3) is 10.0 Å². The number of hydrogen-bond donors (Lipinski definition) is 1. The summed E-state index contributed by atoms with van der Waals surface area (Å²) in [6, 6.07) is 10.3. The number of benzene rings is 2. The van der Waals surface area contributed by atoms with Gasteiger partial charge in [-0.2, -0.15) is 0 Å². The molecule has 3 aromatic rings. The Kier molecular flexibility index (Phi) is 3.13. The zero-order chi connectivity index (χ0) is 15.0. The van der Waals surface area contributed by atoms with Gasteiger partial charge in [0.15, 0.2) is 5.52 Å². The maximum atomic E-state index is 12.6. The summed E-state index contributed by atoms with van der Waals surface area (Å²) in [6.45, 7) is 3.75. The van der Waals surface area contributed by atoms with Crippen molar-refractivity contribution < 1.29 is 13.0 Å². The fraction of sp³-hybridized carbons (Fsp3) is 0.143. The number of hydrogen-bond acceptors (Lipinski definition) is 5. The van der Waals surface area contributed by atoms with Crippen molar-refractivity contribution in [3.8, 4) is 0 Å². The minimum absolute atomic E-state index is 0.0437. The van der Waals surface area contributed by atoms with Crippen molar-refractivity contribution in [1.29, 1.82) is 0 Å². The van der Waals surface area contributed by atoms with Crippen molar-refractivity contribution in [2.75, 3.05) is 4.72 Å². The molecule has 1 aromatic heterocycles. The van der Waals surface area contributed by atoms with Gasteiger partial charge in [-0.1, -0.05) is 18.2 Å². The van der Waals surface area contributed by atoms with E-state index in [2.05, 4.69) is 19.7 Å². The molecule has 0 aliphatic heterocycles. The Labute approximate surface area is 121 Å². The molecule has 0 saturated carbocycles. The highest BCUT2D eigenvalue weighted by atomic mass is 32.2. The Bertz CT molecular complexity index is 916. The summed E-state index contributed by atoms with van der Waals surface area (Å²) in [6.07, 6.45) is 0. The van der Waals surface area contributed by atoms with Gasteiger partial charge < -0.3 is 0 Å². The average Bonchev–Trinajstić information content (AvgIpc) is 2.90. The van der Waals surface area contributed by atoms with Gasteiger partial charge in [-0.3, -0.25) is 4.72 Å². The van der Waals surface area contributed by atoms with Gasteiger partial charge in [0, 0.05) is 0 Å². The average molecular weight is 303 g/mol. The summed E-state index contributed by atoms with van der Waals surface area (Å²) in [4.78, 5) is 0.0437. The fourth-order valence-electron chi connectivity index (χ4n) is 2.04. The van der Waals surface area contributed by atoms with Crippen molar-refractivity contribution in [2.24, 2.45) is 0 Å². The van der Waals surface area contributed by atoms with Crippen LogP contribution in [0.15, 0.2) is 45.9 Å². The first-order valence-corrected chi connectivity index (χ1v) is 7.77. The van der Waals surface area contributed by atoms with E-state index >= 15 is 0 Å². The molecule has 0 unspecified atom stereocenters. The first-order valence-electron chi connectivity index (χ1n) is 6.29. The van der Waals surface area contributed by atoms with Crippen LogP contribution in [0, 0.1) is 13.8 Å². The second-order valence-electron chi connectivity index (χ2n) is 4.81. The molecule has 1 heterocycles. The topological polar surface area (TPSA) is 85.1 Å². The zero-order valence-corrected chi connectivity index (χ0v) is 12.3. The van der Waals surface area contributed by atoms with Crippen LogP contribution in [0.3, 0.4) is 0 Å². The lowest BCUT2D eigenvalue weighted by molar-refractivity contribution is 0.315. The minimum atomic E-state index is -3.76. The quantitative estimate of drug-likeness (QED) is 0.804. The lowest BCUT2D eigenvalue weighted by Crippen LogP contribution is -2.14. The number of fused-ring (bicyclic) bond motifs is 1. The van der Waals surface area contributed by atoms with Gasteiger partial charge in [0.1, 0.15) is 10.4 Å². The number of aryl methyl sites for hydroxylation is 2. The Balaban J connectivity index is 2.09. The first-order chi connectivity index (χ1) is 9.97. The van der Waals surface area contributed by atoms with Crippen LogP contribution in [0.25, 0.3) is 11.0 Å². The predicted molar refractivity (Wildman–Crippen MR) is 78.5 cm³/mol. The molecule has 0 spiro atoms. The van der Waals surface area contributed by atoms with Gasteiger partial charge in [-0.05, 0) is 53.5 Å². The van der Waals surface area contributed by atoms with E-state index in [9.17, 15) is 8.42 Å². The number of aromatic nitrogens is 2. The highest BCUT2D eigenvalue weighted by Gasteiger charge is 2.21. The van der Waals surface area contributed by atoms with Crippen LogP contribution in [0.1, 0.15) is 11.1 Å². The number of nitrogens with one attached hydrogen (secondary N) is 1. The van der Waals surface area contributed by atoms with Crippen molar-refractivity contribution >= 4 is 26.7 Å². The molecule has 108 valence electrons. The van der Waals surface area contributed by atoms with E-state index in [1.807, 2.05) is 26.0 Å². The number of sulfonamides is 1. The molecule has 0 aliphatic rings. The maximum absolute atomic E-state index is 12.6. The zero-order valence-electron chi connectivity index (χ0n) is 11.5. The molecule has 6 nitrogen and oxygen atoms in total. The molecule has 7 heteroatoms. The number of rotatable bonds is 3. The normalized spacial score (nSPS) is 11.7. The van der Waals surface area contributed by atoms with Crippen LogP contribution in [-0.4, -0.2) is 18.7 Å². The third-order valence-electron chi connectivity index (χ3n) is 3.18. The van der Waals surface area contributed by atoms with Crippen LogP contribution < -0.4 is 4.72 Å². The molecular formula is C14H13N3O3S. The summed E-state index contributed by atoms with van der Waals surface area (Å²) >= 11 is 0. The number of nitrogens with zero attached hydrogens (tertiary/aromatic N) is 2. The Morgan fingerprint density at radius 1 is 1.10 bits per heavy atom. The van der Waals surface area contributed by atoms with E-state index < -0.39 is 10.0 Å². The third kappa shape index (κ3) is 2.47.